The maximum absolute atomic E-state index is 14.0. The number of benzene rings is 1. The van der Waals surface area contributed by atoms with Crippen molar-refractivity contribution in [3.8, 4) is 11.5 Å². The van der Waals surface area contributed by atoms with Crippen LogP contribution in [0.5, 0.6) is 11.5 Å². The van der Waals surface area contributed by atoms with Crippen molar-refractivity contribution in [2.45, 2.75) is 52.4 Å². The van der Waals surface area contributed by atoms with E-state index in [0.717, 1.165) is 5.57 Å². The molecule has 0 aromatic heterocycles. The number of ether oxygens (including phenoxy) is 1. The quantitative estimate of drug-likeness (QED) is 0.418. The smallest absolute Gasteiger partial charge is 0.303 e. The number of amides is 2. The summed E-state index contributed by atoms with van der Waals surface area (Å²) >= 11 is 0. The van der Waals surface area contributed by atoms with Crippen molar-refractivity contribution >= 4 is 29.4 Å². The summed E-state index contributed by atoms with van der Waals surface area (Å²) in [5.74, 6) is -4.65. The number of carboxylic acid groups (broad SMARTS) is 1. The molecule has 1 heterocycles. The molecule has 1 saturated heterocycles. The normalized spacial score (nSPS) is 32.1. The SMILES string of the molecule is COc1cc([C@H]2C3=CC[C@@H]4C(=O)N(CCCC(=O)O)C(=O)[C@@H]4[C@@H]3C[C@H]3C(=O)C(C)=C(C)C(=O)[C@@]23C)ccc1O. The van der Waals surface area contributed by atoms with Gasteiger partial charge in [0, 0.05) is 24.8 Å². The fourth-order valence-electron chi connectivity index (χ4n) is 7.51. The van der Waals surface area contributed by atoms with E-state index in [4.69, 9.17) is 9.84 Å². The van der Waals surface area contributed by atoms with Gasteiger partial charge in [-0.25, -0.2) is 0 Å². The van der Waals surface area contributed by atoms with E-state index in [1.165, 1.54) is 18.1 Å². The van der Waals surface area contributed by atoms with Crippen LogP contribution in [0, 0.1) is 29.1 Å². The predicted molar refractivity (Wildman–Crippen MR) is 139 cm³/mol. The highest BCUT2D eigenvalue weighted by Gasteiger charge is 2.63. The van der Waals surface area contributed by atoms with Gasteiger partial charge in [-0.3, -0.25) is 28.9 Å². The number of aliphatic carboxylic acids is 1. The predicted octanol–water partition coefficient (Wildman–Crippen LogP) is 3.41. The summed E-state index contributed by atoms with van der Waals surface area (Å²) in [6.07, 6.45) is 2.57. The van der Waals surface area contributed by atoms with E-state index in [0.29, 0.717) is 23.1 Å². The number of fused-ring (bicyclic) bond motifs is 4. The summed E-state index contributed by atoms with van der Waals surface area (Å²) in [5.41, 5.74) is 1.28. The molecule has 0 unspecified atom stereocenters. The van der Waals surface area contributed by atoms with E-state index < -0.39 is 41.0 Å². The Labute approximate surface area is 226 Å². The summed E-state index contributed by atoms with van der Waals surface area (Å²) in [4.78, 5) is 66.9. The van der Waals surface area contributed by atoms with E-state index in [1.54, 1.807) is 26.0 Å². The number of phenols is 1. The van der Waals surface area contributed by atoms with Crippen LogP contribution in [0.25, 0.3) is 0 Å². The molecule has 0 bridgehead atoms. The molecule has 5 rings (SSSR count). The number of carboxylic acids is 1. The standard InChI is InChI=1S/C30H33NO8/c1-14-15(2)27(36)30(3)20(26(14)35)13-19-17(25(30)16-7-10-21(32)22(12-16)39-4)8-9-18-24(19)29(38)31(28(18)37)11-5-6-23(33)34/h7-8,10,12,18-20,24-25,32H,5-6,9,11,13H2,1-4H3,(H,33,34)/t18-,19+,20-,24-,25-,30+/m0/s1. The minimum atomic E-state index is -1.12. The summed E-state index contributed by atoms with van der Waals surface area (Å²) in [6.45, 7) is 5.20. The van der Waals surface area contributed by atoms with Crippen molar-refractivity contribution in [1.82, 2.24) is 4.90 Å². The van der Waals surface area contributed by atoms with E-state index in [9.17, 15) is 29.1 Å². The Bertz CT molecular complexity index is 1370. The van der Waals surface area contributed by atoms with Gasteiger partial charge in [0.1, 0.15) is 0 Å². The number of likely N-dealkylation sites (tertiary alicyclic amines) is 1. The van der Waals surface area contributed by atoms with Crippen molar-refractivity contribution in [3.63, 3.8) is 0 Å². The first kappa shape index (κ1) is 26.8. The number of hydrogen-bond acceptors (Lipinski definition) is 7. The Morgan fingerprint density at radius 1 is 1.10 bits per heavy atom. The molecule has 6 atom stereocenters. The average molecular weight is 536 g/mol. The Hall–Kier alpha value is -3.75. The van der Waals surface area contributed by atoms with Gasteiger partial charge in [-0.05, 0) is 67.9 Å². The van der Waals surface area contributed by atoms with Crippen LogP contribution in [-0.4, -0.2) is 58.1 Å². The number of phenolic OH excluding ortho intramolecular Hbond substituents is 1. The second-order valence-corrected chi connectivity index (χ2v) is 11.4. The van der Waals surface area contributed by atoms with Gasteiger partial charge in [0.05, 0.1) is 24.4 Å². The van der Waals surface area contributed by atoms with Crippen LogP contribution >= 0.6 is 0 Å². The number of ketones is 2. The number of carbonyl (C=O) groups is 5. The van der Waals surface area contributed by atoms with Gasteiger partial charge >= 0.3 is 5.97 Å². The fourth-order valence-corrected chi connectivity index (χ4v) is 7.51. The first-order chi connectivity index (χ1) is 18.4. The van der Waals surface area contributed by atoms with Crippen molar-refractivity contribution in [3.05, 3.63) is 46.6 Å². The highest BCUT2D eigenvalue weighted by molar-refractivity contribution is 6.16. The number of allylic oxidation sites excluding steroid dienone is 4. The minimum absolute atomic E-state index is 0.0389. The first-order valence-corrected chi connectivity index (χ1v) is 13.3. The molecule has 1 aliphatic heterocycles. The molecule has 1 aromatic carbocycles. The zero-order chi connectivity index (χ0) is 28.4. The molecule has 39 heavy (non-hydrogen) atoms. The highest BCUT2D eigenvalue weighted by Crippen LogP contribution is 2.63. The zero-order valence-corrected chi connectivity index (χ0v) is 22.5. The number of Topliss-reactive ketones (excluding diaryl/α,β-unsaturated/α-hetero) is 2. The third-order valence-electron chi connectivity index (χ3n) is 9.57. The molecule has 0 spiro atoms. The maximum Gasteiger partial charge on any atom is 0.303 e. The van der Waals surface area contributed by atoms with Crippen LogP contribution in [0.2, 0.25) is 0 Å². The van der Waals surface area contributed by atoms with Gasteiger partial charge in [0.25, 0.3) is 0 Å². The van der Waals surface area contributed by atoms with Gasteiger partial charge in [-0.2, -0.15) is 0 Å². The molecule has 9 nitrogen and oxygen atoms in total. The summed E-state index contributed by atoms with van der Waals surface area (Å²) < 4.78 is 5.36. The molecular weight excluding hydrogens is 502 g/mol. The van der Waals surface area contributed by atoms with E-state index in [2.05, 4.69) is 0 Å². The highest BCUT2D eigenvalue weighted by atomic mass is 16.5. The second-order valence-electron chi connectivity index (χ2n) is 11.4. The number of rotatable bonds is 6. The van der Waals surface area contributed by atoms with Crippen LogP contribution in [0.1, 0.15) is 57.9 Å². The molecule has 2 fully saturated rings. The Morgan fingerprint density at radius 3 is 2.49 bits per heavy atom. The van der Waals surface area contributed by atoms with Gasteiger partial charge in [-0.15, -0.1) is 0 Å². The van der Waals surface area contributed by atoms with Crippen molar-refractivity contribution in [1.29, 1.82) is 0 Å². The summed E-state index contributed by atoms with van der Waals surface area (Å²) in [6, 6.07) is 4.90. The monoisotopic (exact) mass is 535 g/mol. The minimum Gasteiger partial charge on any atom is -0.504 e. The Kier molecular flexibility index (Phi) is 6.51. The molecule has 4 aliphatic rings. The van der Waals surface area contributed by atoms with Crippen LogP contribution in [0.15, 0.2) is 41.0 Å². The van der Waals surface area contributed by atoms with Crippen LogP contribution < -0.4 is 4.74 Å². The lowest BCUT2D eigenvalue weighted by Crippen LogP contribution is -2.55. The van der Waals surface area contributed by atoms with Crippen molar-refractivity contribution in [2.24, 2.45) is 29.1 Å². The zero-order valence-electron chi connectivity index (χ0n) is 22.5. The number of nitrogens with zero attached hydrogens (tertiary/aromatic N) is 1. The first-order valence-electron chi connectivity index (χ1n) is 13.3. The molecule has 9 heteroatoms. The summed E-state index contributed by atoms with van der Waals surface area (Å²) in [5, 5.41) is 19.3. The van der Waals surface area contributed by atoms with E-state index >= 15 is 0 Å². The largest absolute Gasteiger partial charge is 0.504 e. The van der Waals surface area contributed by atoms with Crippen molar-refractivity contribution < 1.29 is 38.9 Å². The van der Waals surface area contributed by atoms with E-state index in [-0.39, 0.29) is 60.7 Å². The van der Waals surface area contributed by atoms with Crippen LogP contribution in [0.4, 0.5) is 0 Å². The van der Waals surface area contributed by atoms with Gasteiger partial charge in [-0.1, -0.05) is 24.6 Å². The maximum atomic E-state index is 14.0. The van der Waals surface area contributed by atoms with Gasteiger partial charge in [0.15, 0.2) is 23.1 Å². The van der Waals surface area contributed by atoms with Gasteiger partial charge < -0.3 is 14.9 Å². The molecule has 1 aromatic rings. The van der Waals surface area contributed by atoms with Crippen LogP contribution in [0.3, 0.4) is 0 Å². The third-order valence-corrected chi connectivity index (χ3v) is 9.57. The van der Waals surface area contributed by atoms with Crippen LogP contribution in [-0.2, 0) is 24.0 Å². The molecular formula is C30H33NO8. The topological polar surface area (TPSA) is 138 Å². The Morgan fingerprint density at radius 2 is 1.82 bits per heavy atom. The number of aromatic hydroxyl groups is 1. The summed E-state index contributed by atoms with van der Waals surface area (Å²) in [7, 11) is 1.44. The Balaban J connectivity index is 1.63. The lowest BCUT2D eigenvalue weighted by molar-refractivity contribution is -0.143. The molecule has 0 radical (unpaired) electrons. The molecule has 206 valence electrons. The second kappa shape index (κ2) is 9.47. The number of carbonyl (C=O) groups excluding carboxylic acids is 4. The molecule has 2 amide bonds. The lowest BCUT2D eigenvalue weighted by Gasteiger charge is -2.54. The number of imide groups is 1. The number of methoxy groups -OCH3 is 1. The average Bonchev–Trinajstić information content (AvgIpc) is 3.15. The molecule has 2 N–H and O–H groups in total. The number of hydrogen-bond donors (Lipinski definition) is 2. The van der Waals surface area contributed by atoms with Gasteiger partial charge in [0.2, 0.25) is 11.8 Å². The fraction of sp³-hybridized carbons (Fsp3) is 0.500. The molecule has 1 saturated carbocycles. The lowest BCUT2D eigenvalue weighted by atomic mass is 9.46. The van der Waals surface area contributed by atoms with E-state index in [1.807, 2.05) is 13.0 Å². The molecule has 3 aliphatic carbocycles. The van der Waals surface area contributed by atoms with Crippen molar-refractivity contribution in [2.75, 3.05) is 13.7 Å². The third kappa shape index (κ3) is 3.85.